The van der Waals surface area contributed by atoms with Crippen molar-refractivity contribution in [3.05, 3.63) is 53.6 Å². The molecule has 0 aliphatic carbocycles. The lowest BCUT2D eigenvalue weighted by Crippen LogP contribution is -2.55. The highest BCUT2D eigenvalue weighted by Crippen LogP contribution is 2.36. The van der Waals surface area contributed by atoms with Crippen molar-refractivity contribution < 1.29 is 27.5 Å². The summed E-state index contributed by atoms with van der Waals surface area (Å²) in [5, 5.41) is 2.96. The number of hydrogen-bond acceptors (Lipinski definition) is 6. The molecule has 1 N–H and O–H groups in total. The van der Waals surface area contributed by atoms with Gasteiger partial charge < -0.3 is 19.7 Å². The maximum Gasteiger partial charge on any atom is 0.244 e. The van der Waals surface area contributed by atoms with Crippen LogP contribution in [-0.4, -0.2) is 55.8 Å². The summed E-state index contributed by atoms with van der Waals surface area (Å²) in [6.07, 6.45) is 0.365. The number of amides is 2. The third-order valence-corrected chi connectivity index (χ3v) is 7.68. The van der Waals surface area contributed by atoms with Crippen LogP contribution in [0.5, 0.6) is 11.5 Å². The van der Waals surface area contributed by atoms with Crippen LogP contribution in [0.1, 0.15) is 52.2 Å². The summed E-state index contributed by atoms with van der Waals surface area (Å²) in [7, 11) is -3.83. The van der Waals surface area contributed by atoms with Gasteiger partial charge in [0.15, 0.2) is 11.5 Å². The van der Waals surface area contributed by atoms with Gasteiger partial charge in [0.2, 0.25) is 28.6 Å². The van der Waals surface area contributed by atoms with Gasteiger partial charge in [-0.15, -0.1) is 0 Å². The first-order valence-electron chi connectivity index (χ1n) is 12.4. The molecule has 2 aromatic rings. The molecule has 10 heteroatoms. The number of ether oxygens (including phenoxy) is 2. The van der Waals surface area contributed by atoms with Gasteiger partial charge in [-0.25, -0.2) is 8.42 Å². The number of sulfonamides is 1. The Bertz CT molecular complexity index is 1240. The lowest BCUT2D eigenvalue weighted by atomic mass is 10.0. The maximum absolute atomic E-state index is 13.9. The molecule has 0 fully saturated rings. The molecular weight excluding hydrogens is 494 g/mol. The Morgan fingerprint density at radius 2 is 1.76 bits per heavy atom. The molecule has 1 atom stereocenters. The van der Waals surface area contributed by atoms with E-state index >= 15 is 0 Å². The van der Waals surface area contributed by atoms with E-state index in [9.17, 15) is 18.0 Å². The maximum atomic E-state index is 13.9. The second-order valence-electron chi connectivity index (χ2n) is 10.1. The Hall–Kier alpha value is -3.27. The SMILES string of the molecule is CC[C@H](C(=O)NC(C)(C)C)N(Cc1cccc(C)c1)C(=O)CN(c1ccc2c(c1)OCO2)S(=O)(=O)CC. The van der Waals surface area contributed by atoms with Gasteiger partial charge in [0.25, 0.3) is 0 Å². The zero-order valence-electron chi connectivity index (χ0n) is 22.4. The van der Waals surface area contributed by atoms with E-state index < -0.39 is 34.1 Å². The van der Waals surface area contributed by atoms with Crippen molar-refractivity contribution in [1.29, 1.82) is 0 Å². The van der Waals surface area contributed by atoms with Crippen LogP contribution in [0.25, 0.3) is 0 Å². The molecule has 0 saturated heterocycles. The first-order valence-corrected chi connectivity index (χ1v) is 14.0. The second-order valence-corrected chi connectivity index (χ2v) is 12.3. The normalized spacial score (nSPS) is 13.7. The number of hydrogen-bond donors (Lipinski definition) is 1. The highest BCUT2D eigenvalue weighted by Gasteiger charge is 2.34. The Labute approximate surface area is 219 Å². The van der Waals surface area contributed by atoms with Gasteiger partial charge in [0, 0.05) is 18.2 Å². The molecule has 2 aromatic carbocycles. The van der Waals surface area contributed by atoms with Crippen LogP contribution in [0.3, 0.4) is 0 Å². The molecule has 37 heavy (non-hydrogen) atoms. The minimum atomic E-state index is -3.83. The number of aryl methyl sites for hydroxylation is 1. The molecule has 0 radical (unpaired) electrons. The van der Waals surface area contributed by atoms with Crippen molar-refractivity contribution in [3.8, 4) is 11.5 Å². The highest BCUT2D eigenvalue weighted by atomic mass is 32.2. The van der Waals surface area contributed by atoms with Crippen LogP contribution in [0, 0.1) is 6.92 Å². The van der Waals surface area contributed by atoms with Gasteiger partial charge in [0.05, 0.1) is 11.4 Å². The summed E-state index contributed by atoms with van der Waals surface area (Å²) in [6, 6.07) is 11.7. The fraction of sp³-hybridized carbons (Fsp3) is 0.481. The van der Waals surface area contributed by atoms with Crippen LogP contribution in [-0.2, 0) is 26.2 Å². The van der Waals surface area contributed by atoms with Gasteiger partial charge >= 0.3 is 0 Å². The van der Waals surface area contributed by atoms with Crippen molar-refractivity contribution in [2.45, 2.75) is 66.1 Å². The summed E-state index contributed by atoms with van der Waals surface area (Å²) in [5.41, 5.74) is 1.67. The fourth-order valence-electron chi connectivity index (χ4n) is 4.14. The monoisotopic (exact) mass is 531 g/mol. The average molecular weight is 532 g/mol. The molecule has 202 valence electrons. The lowest BCUT2D eigenvalue weighted by Gasteiger charge is -2.34. The Morgan fingerprint density at radius 1 is 1.05 bits per heavy atom. The van der Waals surface area contributed by atoms with E-state index in [2.05, 4.69) is 5.32 Å². The van der Waals surface area contributed by atoms with Crippen LogP contribution in [0.15, 0.2) is 42.5 Å². The van der Waals surface area contributed by atoms with E-state index in [1.165, 1.54) is 11.8 Å². The first-order chi connectivity index (χ1) is 17.3. The van der Waals surface area contributed by atoms with E-state index in [1.54, 1.807) is 18.2 Å². The van der Waals surface area contributed by atoms with Crippen molar-refractivity contribution in [2.24, 2.45) is 0 Å². The highest BCUT2D eigenvalue weighted by molar-refractivity contribution is 7.92. The number of carbonyl (C=O) groups excluding carboxylic acids is 2. The van der Waals surface area contributed by atoms with E-state index in [0.29, 0.717) is 23.6 Å². The van der Waals surface area contributed by atoms with Gasteiger partial charge in [-0.2, -0.15) is 0 Å². The van der Waals surface area contributed by atoms with Crippen LogP contribution in [0.2, 0.25) is 0 Å². The number of fused-ring (bicyclic) bond motifs is 1. The quantitative estimate of drug-likeness (QED) is 0.502. The number of anilines is 1. The lowest BCUT2D eigenvalue weighted by molar-refractivity contribution is -0.141. The zero-order chi connectivity index (χ0) is 27.4. The Morgan fingerprint density at radius 3 is 2.38 bits per heavy atom. The van der Waals surface area contributed by atoms with E-state index in [1.807, 2.05) is 58.9 Å². The van der Waals surface area contributed by atoms with E-state index in [0.717, 1.165) is 15.4 Å². The predicted octanol–water partition coefficient (Wildman–Crippen LogP) is 3.60. The first kappa shape index (κ1) is 28.3. The minimum absolute atomic E-state index is 0.0452. The van der Waals surface area contributed by atoms with Crippen molar-refractivity contribution in [1.82, 2.24) is 10.2 Å². The predicted molar refractivity (Wildman–Crippen MR) is 143 cm³/mol. The van der Waals surface area contributed by atoms with Gasteiger partial charge in [0.1, 0.15) is 12.6 Å². The largest absolute Gasteiger partial charge is 0.454 e. The van der Waals surface area contributed by atoms with Crippen LogP contribution in [0.4, 0.5) is 5.69 Å². The molecule has 0 saturated carbocycles. The average Bonchev–Trinajstić information content (AvgIpc) is 3.29. The minimum Gasteiger partial charge on any atom is -0.454 e. The van der Waals surface area contributed by atoms with Crippen molar-refractivity contribution in [3.63, 3.8) is 0 Å². The third-order valence-electron chi connectivity index (χ3n) is 5.94. The third kappa shape index (κ3) is 7.15. The van der Waals surface area contributed by atoms with Crippen molar-refractivity contribution >= 4 is 27.5 Å². The van der Waals surface area contributed by atoms with Crippen molar-refractivity contribution in [2.75, 3.05) is 23.4 Å². The summed E-state index contributed by atoms with van der Waals surface area (Å²) in [6.45, 7) is 10.7. The molecule has 2 amide bonds. The van der Waals surface area contributed by atoms with Gasteiger partial charge in [-0.05, 0) is 58.7 Å². The number of nitrogens with zero attached hydrogens (tertiary/aromatic N) is 2. The molecule has 0 spiro atoms. The standard InChI is InChI=1S/C27H37N3O6S/c1-7-22(26(32)28-27(4,5)6)29(16-20-11-9-10-19(3)14-20)25(31)17-30(37(33,34)8-2)21-12-13-23-24(15-21)36-18-35-23/h9-15,22H,7-8,16-18H2,1-6H3,(H,28,32)/t22-/m1/s1. The summed E-state index contributed by atoms with van der Waals surface area (Å²) < 4.78 is 38.1. The Balaban J connectivity index is 1.99. The van der Waals surface area contributed by atoms with Gasteiger partial charge in [-0.1, -0.05) is 36.8 Å². The number of rotatable bonds is 10. The number of carbonyl (C=O) groups is 2. The number of nitrogens with one attached hydrogen (secondary N) is 1. The topological polar surface area (TPSA) is 105 Å². The van der Waals surface area contributed by atoms with Crippen LogP contribution >= 0.6 is 0 Å². The summed E-state index contributed by atoms with van der Waals surface area (Å²) in [4.78, 5) is 28.6. The molecule has 0 aromatic heterocycles. The molecule has 1 heterocycles. The molecule has 9 nitrogen and oxygen atoms in total. The second kappa shape index (κ2) is 11.4. The summed E-state index contributed by atoms with van der Waals surface area (Å²) in [5.74, 6) is -0.0474. The Kier molecular flexibility index (Phi) is 8.73. The summed E-state index contributed by atoms with van der Waals surface area (Å²) >= 11 is 0. The van der Waals surface area contributed by atoms with E-state index in [4.69, 9.17) is 9.47 Å². The molecule has 1 aliphatic heterocycles. The molecule has 1 aliphatic rings. The number of benzene rings is 2. The molecular formula is C27H37N3O6S. The molecule has 0 bridgehead atoms. The van der Waals surface area contributed by atoms with E-state index in [-0.39, 0.29) is 25.0 Å². The molecule has 0 unspecified atom stereocenters. The smallest absolute Gasteiger partial charge is 0.244 e. The molecule has 3 rings (SSSR count). The van der Waals surface area contributed by atoms with Gasteiger partial charge in [-0.3, -0.25) is 13.9 Å². The van der Waals surface area contributed by atoms with Crippen LogP contribution < -0.4 is 19.1 Å². The fourth-order valence-corrected chi connectivity index (χ4v) is 5.19. The zero-order valence-corrected chi connectivity index (χ0v) is 23.2.